The monoisotopic (exact) mass is 324 g/mol. The lowest BCUT2D eigenvalue weighted by atomic mass is 10.1. The van der Waals surface area contributed by atoms with Gasteiger partial charge in [-0.25, -0.2) is 4.39 Å². The summed E-state index contributed by atoms with van der Waals surface area (Å²) in [5.41, 5.74) is 6.25. The summed E-state index contributed by atoms with van der Waals surface area (Å²) in [6.07, 6.45) is 2.92. The van der Waals surface area contributed by atoms with Gasteiger partial charge in [0.15, 0.2) is 0 Å². The molecule has 2 amide bonds. The molecule has 120 valence electrons. The average Bonchev–Trinajstić information content (AvgIpc) is 2.60. The highest BCUT2D eigenvalue weighted by Gasteiger charge is 2.13. The van der Waals surface area contributed by atoms with Gasteiger partial charge in [0.25, 0.3) is 11.8 Å². The van der Waals surface area contributed by atoms with Gasteiger partial charge in [-0.05, 0) is 43.3 Å². The van der Waals surface area contributed by atoms with Crippen molar-refractivity contribution in [2.24, 2.45) is 0 Å². The molecule has 0 aliphatic carbocycles. The minimum atomic E-state index is -0.539. The zero-order chi connectivity index (χ0) is 17.1. The van der Waals surface area contributed by atoms with Crippen molar-refractivity contribution in [1.29, 1.82) is 0 Å². The molecule has 0 aliphatic rings. The number of hydrazine groups is 1. The number of aromatic nitrogens is 2. The van der Waals surface area contributed by atoms with E-state index < -0.39 is 17.6 Å². The molecule has 0 atom stereocenters. The summed E-state index contributed by atoms with van der Waals surface area (Å²) in [5, 5.41) is 0.504. The second-order valence-electron chi connectivity index (χ2n) is 5.11. The Labute approximate surface area is 136 Å². The molecule has 0 bridgehead atoms. The normalized spacial score (nSPS) is 10.4. The van der Waals surface area contributed by atoms with E-state index >= 15 is 0 Å². The van der Waals surface area contributed by atoms with E-state index in [1.54, 1.807) is 31.3 Å². The number of halogens is 1. The Hall–Kier alpha value is -3.35. The lowest BCUT2D eigenvalue weighted by Crippen LogP contribution is -2.42. The number of benzene rings is 1. The van der Waals surface area contributed by atoms with E-state index in [2.05, 4.69) is 20.8 Å². The van der Waals surface area contributed by atoms with Crippen molar-refractivity contribution in [1.82, 2.24) is 20.8 Å². The summed E-state index contributed by atoms with van der Waals surface area (Å²) in [6, 6.07) is 8.87. The minimum Gasteiger partial charge on any atom is -0.267 e. The number of hydrogen-bond donors (Lipinski definition) is 2. The molecule has 2 heterocycles. The molecule has 0 spiro atoms. The molecule has 0 unspecified atom stereocenters. The van der Waals surface area contributed by atoms with Crippen LogP contribution in [-0.4, -0.2) is 21.8 Å². The van der Waals surface area contributed by atoms with Gasteiger partial charge in [0.1, 0.15) is 5.82 Å². The number of nitrogens with one attached hydrogen (secondary N) is 2. The lowest BCUT2D eigenvalue weighted by Gasteiger charge is -2.10. The molecule has 0 fully saturated rings. The standard InChI is InChI=1S/C17H13FN4O2/c1-10-14(8-12-7-13(18)4-5-15(12)20-10)17(24)22-21-16(23)11-3-2-6-19-9-11/h2-9H,1H3,(H,21,23)(H,22,24). The average molecular weight is 324 g/mol. The van der Waals surface area contributed by atoms with Crippen LogP contribution >= 0.6 is 0 Å². The number of carbonyl (C=O) groups excluding carboxylic acids is 2. The van der Waals surface area contributed by atoms with Crippen molar-refractivity contribution in [3.05, 3.63) is 71.4 Å². The van der Waals surface area contributed by atoms with Crippen molar-refractivity contribution in [2.75, 3.05) is 0 Å². The summed E-state index contributed by atoms with van der Waals surface area (Å²) in [6.45, 7) is 1.67. The first kappa shape index (κ1) is 15.5. The molecule has 24 heavy (non-hydrogen) atoms. The fourth-order valence-electron chi connectivity index (χ4n) is 2.22. The highest BCUT2D eigenvalue weighted by Crippen LogP contribution is 2.17. The molecule has 3 aromatic rings. The van der Waals surface area contributed by atoms with E-state index in [4.69, 9.17) is 0 Å². The van der Waals surface area contributed by atoms with Gasteiger partial charge in [-0.15, -0.1) is 0 Å². The van der Waals surface area contributed by atoms with Crippen molar-refractivity contribution in [3.8, 4) is 0 Å². The molecule has 2 N–H and O–H groups in total. The molecule has 0 radical (unpaired) electrons. The molecule has 0 aliphatic heterocycles. The molecule has 0 saturated carbocycles. The summed E-state index contributed by atoms with van der Waals surface area (Å²) < 4.78 is 13.3. The third-order valence-electron chi connectivity index (χ3n) is 3.43. The summed E-state index contributed by atoms with van der Waals surface area (Å²) in [7, 11) is 0. The number of hydrogen-bond acceptors (Lipinski definition) is 4. The Balaban J connectivity index is 1.78. The molecule has 6 nitrogen and oxygen atoms in total. The fourth-order valence-corrected chi connectivity index (χ4v) is 2.22. The molecule has 0 saturated heterocycles. The van der Waals surface area contributed by atoms with Gasteiger partial charge < -0.3 is 0 Å². The maximum atomic E-state index is 13.3. The topological polar surface area (TPSA) is 84.0 Å². The third-order valence-corrected chi connectivity index (χ3v) is 3.43. The zero-order valence-electron chi connectivity index (χ0n) is 12.7. The summed E-state index contributed by atoms with van der Waals surface area (Å²) in [4.78, 5) is 32.2. The number of pyridine rings is 2. The quantitative estimate of drug-likeness (QED) is 0.708. The number of aryl methyl sites for hydroxylation is 1. The van der Waals surface area contributed by atoms with Crippen LogP contribution in [0, 0.1) is 12.7 Å². The Kier molecular flexibility index (Phi) is 4.15. The molecule has 1 aromatic carbocycles. The van der Waals surface area contributed by atoms with E-state index in [9.17, 15) is 14.0 Å². The third kappa shape index (κ3) is 3.19. The molecule has 7 heteroatoms. The van der Waals surface area contributed by atoms with Crippen LogP contribution in [0.2, 0.25) is 0 Å². The van der Waals surface area contributed by atoms with Gasteiger partial charge in [-0.2, -0.15) is 0 Å². The molecular weight excluding hydrogens is 311 g/mol. The van der Waals surface area contributed by atoms with E-state index in [-0.39, 0.29) is 5.56 Å². The summed E-state index contributed by atoms with van der Waals surface area (Å²) in [5.74, 6) is -1.44. The predicted molar refractivity (Wildman–Crippen MR) is 85.6 cm³/mol. The van der Waals surface area contributed by atoms with Crippen LogP contribution in [0.15, 0.2) is 48.8 Å². The van der Waals surface area contributed by atoms with E-state index in [1.807, 2.05) is 0 Å². The predicted octanol–water partition coefficient (Wildman–Crippen LogP) is 2.15. The first-order valence-electron chi connectivity index (χ1n) is 7.12. The second kappa shape index (κ2) is 6.41. The van der Waals surface area contributed by atoms with Gasteiger partial charge in [0.05, 0.1) is 22.3 Å². The largest absolute Gasteiger partial charge is 0.271 e. The van der Waals surface area contributed by atoms with Gasteiger partial charge in [0, 0.05) is 17.8 Å². The smallest absolute Gasteiger partial charge is 0.267 e. The maximum Gasteiger partial charge on any atom is 0.271 e. The van der Waals surface area contributed by atoms with Gasteiger partial charge in [0.2, 0.25) is 0 Å². The maximum absolute atomic E-state index is 13.3. The van der Waals surface area contributed by atoms with Gasteiger partial charge in [-0.3, -0.25) is 30.4 Å². The Morgan fingerprint density at radius 1 is 1.08 bits per heavy atom. The fraction of sp³-hybridized carbons (Fsp3) is 0.0588. The van der Waals surface area contributed by atoms with Gasteiger partial charge >= 0.3 is 0 Å². The highest BCUT2D eigenvalue weighted by molar-refractivity contribution is 6.01. The Morgan fingerprint density at radius 2 is 1.88 bits per heavy atom. The van der Waals surface area contributed by atoms with Crippen molar-refractivity contribution >= 4 is 22.7 Å². The number of fused-ring (bicyclic) bond motifs is 1. The molecular formula is C17H13FN4O2. The number of amides is 2. The van der Waals surface area contributed by atoms with Crippen LogP contribution in [0.5, 0.6) is 0 Å². The second-order valence-corrected chi connectivity index (χ2v) is 5.11. The van der Waals surface area contributed by atoms with Crippen LogP contribution < -0.4 is 10.9 Å². The minimum absolute atomic E-state index is 0.250. The van der Waals surface area contributed by atoms with Crippen LogP contribution in [0.3, 0.4) is 0 Å². The number of nitrogens with zero attached hydrogens (tertiary/aromatic N) is 2. The lowest BCUT2D eigenvalue weighted by molar-refractivity contribution is 0.0846. The van der Waals surface area contributed by atoms with Crippen molar-refractivity contribution < 1.29 is 14.0 Å². The van der Waals surface area contributed by atoms with Crippen LogP contribution in [0.4, 0.5) is 4.39 Å². The van der Waals surface area contributed by atoms with Crippen molar-refractivity contribution in [2.45, 2.75) is 6.92 Å². The number of carbonyl (C=O) groups is 2. The molecule has 3 rings (SSSR count). The first-order chi connectivity index (χ1) is 11.5. The van der Waals surface area contributed by atoms with E-state index in [1.165, 1.54) is 24.4 Å². The van der Waals surface area contributed by atoms with Crippen molar-refractivity contribution in [3.63, 3.8) is 0 Å². The highest BCUT2D eigenvalue weighted by atomic mass is 19.1. The van der Waals surface area contributed by atoms with Gasteiger partial charge in [-0.1, -0.05) is 0 Å². The number of rotatable bonds is 2. The van der Waals surface area contributed by atoms with Crippen LogP contribution in [0.25, 0.3) is 10.9 Å². The van der Waals surface area contributed by atoms with E-state index in [0.717, 1.165) is 0 Å². The van der Waals surface area contributed by atoms with Crippen LogP contribution in [-0.2, 0) is 0 Å². The molecule has 2 aromatic heterocycles. The first-order valence-corrected chi connectivity index (χ1v) is 7.12. The zero-order valence-corrected chi connectivity index (χ0v) is 12.7. The SMILES string of the molecule is Cc1nc2ccc(F)cc2cc1C(=O)NNC(=O)c1cccnc1. The van der Waals surface area contributed by atoms with Crippen LogP contribution in [0.1, 0.15) is 26.4 Å². The Morgan fingerprint density at radius 3 is 2.62 bits per heavy atom. The van der Waals surface area contributed by atoms with E-state index in [0.29, 0.717) is 22.2 Å². The summed E-state index contributed by atoms with van der Waals surface area (Å²) >= 11 is 0. The Bertz CT molecular complexity index is 929.